The van der Waals surface area contributed by atoms with E-state index in [1.165, 1.54) is 12.8 Å². The highest BCUT2D eigenvalue weighted by Crippen LogP contribution is 2.26. The first-order valence-electron chi connectivity index (χ1n) is 5.94. The summed E-state index contributed by atoms with van der Waals surface area (Å²) in [6.45, 7) is 3.84. The van der Waals surface area contributed by atoms with Crippen molar-refractivity contribution < 1.29 is 13.9 Å². The minimum absolute atomic E-state index is 0.372. The Morgan fingerprint density at radius 1 is 1.28 bits per heavy atom. The van der Waals surface area contributed by atoms with Gasteiger partial charge in [-0.2, -0.15) is 0 Å². The molecule has 3 nitrogen and oxygen atoms in total. The van der Waals surface area contributed by atoms with E-state index in [1.54, 1.807) is 18.2 Å². The number of aryl methyl sites for hydroxylation is 1. The van der Waals surface area contributed by atoms with E-state index in [4.69, 9.17) is 20.8 Å². The lowest BCUT2D eigenvalue weighted by molar-refractivity contribution is 0.110. The summed E-state index contributed by atoms with van der Waals surface area (Å²) < 4.78 is 10.2. The largest absolute Gasteiger partial charge is 0.453 e. The smallest absolute Gasteiger partial charge is 0.185 e. The second-order valence-electron chi connectivity index (χ2n) is 4.17. The predicted molar refractivity (Wildman–Crippen MR) is 71.4 cm³/mol. The Balaban J connectivity index is 0.000000202. The highest BCUT2D eigenvalue weighted by atomic mass is 35.5. The Morgan fingerprint density at radius 2 is 2.00 bits per heavy atom. The normalized spacial score (nSPS) is 14.3. The molecule has 3 rings (SSSR count). The van der Waals surface area contributed by atoms with E-state index in [9.17, 15) is 4.79 Å². The molecule has 1 aromatic carbocycles. The highest BCUT2D eigenvalue weighted by Gasteiger charge is 2.08. The predicted octanol–water partition coefficient (Wildman–Crippen LogP) is 4.00. The SMILES string of the molecule is C1CCOC1.Cc1c(C=O)oc2ccc(Cl)cc12. The zero-order valence-corrected chi connectivity index (χ0v) is 11.0. The molecule has 1 saturated heterocycles. The van der Waals surface area contributed by atoms with Gasteiger partial charge < -0.3 is 9.15 Å². The molecule has 0 unspecified atom stereocenters. The van der Waals surface area contributed by atoms with Crippen molar-refractivity contribution in [3.63, 3.8) is 0 Å². The Bertz CT molecular complexity index is 534. The number of rotatable bonds is 1. The molecule has 0 amide bonds. The Hall–Kier alpha value is -1.32. The van der Waals surface area contributed by atoms with Gasteiger partial charge in [-0.1, -0.05) is 11.6 Å². The first-order chi connectivity index (χ1) is 8.72. The lowest BCUT2D eigenvalue weighted by Crippen LogP contribution is -1.76. The van der Waals surface area contributed by atoms with Crippen LogP contribution in [0.3, 0.4) is 0 Å². The van der Waals surface area contributed by atoms with Gasteiger partial charge in [0.15, 0.2) is 12.0 Å². The van der Waals surface area contributed by atoms with E-state index in [1.807, 2.05) is 6.92 Å². The molecule has 2 heterocycles. The fourth-order valence-electron chi connectivity index (χ4n) is 1.83. The summed E-state index contributed by atoms with van der Waals surface area (Å²) in [7, 11) is 0. The number of aldehydes is 1. The molecule has 4 heteroatoms. The number of carbonyl (C=O) groups excluding carboxylic acids is 1. The summed E-state index contributed by atoms with van der Waals surface area (Å²) >= 11 is 5.81. The van der Waals surface area contributed by atoms with E-state index >= 15 is 0 Å². The molecule has 1 fully saturated rings. The van der Waals surface area contributed by atoms with E-state index in [-0.39, 0.29) is 0 Å². The maximum Gasteiger partial charge on any atom is 0.185 e. The van der Waals surface area contributed by atoms with Gasteiger partial charge in [0.2, 0.25) is 0 Å². The molecule has 2 aromatic rings. The third-order valence-corrected chi connectivity index (χ3v) is 3.10. The molecule has 0 atom stereocenters. The van der Waals surface area contributed by atoms with Gasteiger partial charge in [0, 0.05) is 29.2 Å². The number of carbonyl (C=O) groups is 1. The first-order valence-corrected chi connectivity index (χ1v) is 6.31. The lowest BCUT2D eigenvalue weighted by atomic mass is 10.1. The van der Waals surface area contributed by atoms with Crippen molar-refractivity contribution in [2.24, 2.45) is 0 Å². The van der Waals surface area contributed by atoms with Crippen molar-refractivity contribution in [1.82, 2.24) is 0 Å². The zero-order chi connectivity index (χ0) is 13.0. The van der Waals surface area contributed by atoms with E-state index in [2.05, 4.69) is 0 Å². The molecule has 1 aliphatic rings. The fourth-order valence-corrected chi connectivity index (χ4v) is 2.01. The van der Waals surface area contributed by atoms with Crippen LogP contribution in [0.25, 0.3) is 11.0 Å². The van der Waals surface area contributed by atoms with E-state index in [0.29, 0.717) is 22.7 Å². The Kier molecular flexibility index (Phi) is 4.39. The minimum atomic E-state index is 0.372. The second-order valence-corrected chi connectivity index (χ2v) is 4.61. The van der Waals surface area contributed by atoms with Crippen LogP contribution in [0.2, 0.25) is 5.02 Å². The Morgan fingerprint density at radius 3 is 2.56 bits per heavy atom. The quantitative estimate of drug-likeness (QED) is 0.732. The third kappa shape index (κ3) is 2.92. The van der Waals surface area contributed by atoms with Gasteiger partial charge in [0.1, 0.15) is 5.58 Å². The van der Waals surface area contributed by atoms with Crippen molar-refractivity contribution in [3.8, 4) is 0 Å². The molecule has 0 bridgehead atoms. The maximum atomic E-state index is 10.6. The lowest BCUT2D eigenvalue weighted by Gasteiger charge is -1.89. The second kappa shape index (κ2) is 6.03. The Labute approximate surface area is 111 Å². The molecule has 96 valence electrons. The summed E-state index contributed by atoms with van der Waals surface area (Å²) in [5, 5.41) is 1.54. The van der Waals surface area contributed by atoms with Crippen molar-refractivity contribution >= 4 is 28.9 Å². The molecule has 0 aliphatic carbocycles. The number of halogens is 1. The van der Waals surface area contributed by atoms with Crippen LogP contribution in [0.4, 0.5) is 0 Å². The number of fused-ring (bicyclic) bond motifs is 1. The van der Waals surface area contributed by atoms with Gasteiger partial charge in [-0.3, -0.25) is 4.79 Å². The summed E-state index contributed by atoms with van der Waals surface area (Å²) in [5.41, 5.74) is 1.54. The van der Waals surface area contributed by atoms with Gasteiger partial charge in [-0.25, -0.2) is 0 Å². The van der Waals surface area contributed by atoms with Crippen LogP contribution in [0.1, 0.15) is 29.0 Å². The van der Waals surface area contributed by atoms with Crippen LogP contribution >= 0.6 is 11.6 Å². The summed E-state index contributed by atoms with van der Waals surface area (Å²) in [6.07, 6.45) is 3.27. The molecular weight excluding hydrogens is 252 g/mol. The molecule has 1 aliphatic heterocycles. The molecule has 18 heavy (non-hydrogen) atoms. The maximum absolute atomic E-state index is 10.6. The van der Waals surface area contributed by atoms with Gasteiger partial charge in [-0.15, -0.1) is 0 Å². The van der Waals surface area contributed by atoms with Crippen LogP contribution in [0.15, 0.2) is 22.6 Å². The summed E-state index contributed by atoms with van der Waals surface area (Å²) in [5.74, 6) is 0.372. The van der Waals surface area contributed by atoms with E-state index < -0.39 is 0 Å². The highest BCUT2D eigenvalue weighted by molar-refractivity contribution is 6.31. The minimum Gasteiger partial charge on any atom is -0.453 e. The third-order valence-electron chi connectivity index (χ3n) is 2.87. The molecule has 0 spiro atoms. The average Bonchev–Trinajstić information content (AvgIpc) is 3.02. The molecule has 1 aromatic heterocycles. The van der Waals surface area contributed by atoms with Gasteiger partial charge in [0.25, 0.3) is 0 Å². The number of benzene rings is 1. The van der Waals surface area contributed by atoms with Crippen LogP contribution < -0.4 is 0 Å². The summed E-state index contributed by atoms with van der Waals surface area (Å²) in [6, 6.07) is 5.29. The van der Waals surface area contributed by atoms with Gasteiger partial charge in [-0.05, 0) is 38.0 Å². The topological polar surface area (TPSA) is 39.4 Å². The van der Waals surface area contributed by atoms with Crippen LogP contribution in [0, 0.1) is 6.92 Å². The number of hydrogen-bond donors (Lipinski definition) is 0. The zero-order valence-electron chi connectivity index (χ0n) is 10.2. The average molecular weight is 267 g/mol. The van der Waals surface area contributed by atoms with Gasteiger partial charge >= 0.3 is 0 Å². The van der Waals surface area contributed by atoms with Crippen molar-refractivity contribution in [2.45, 2.75) is 19.8 Å². The van der Waals surface area contributed by atoms with Crippen LogP contribution in [-0.2, 0) is 4.74 Å². The molecule has 0 N–H and O–H groups in total. The molecular formula is C14H15ClO3. The number of furan rings is 1. The summed E-state index contributed by atoms with van der Waals surface area (Å²) in [4.78, 5) is 10.6. The van der Waals surface area contributed by atoms with Crippen molar-refractivity contribution in [3.05, 3.63) is 34.5 Å². The van der Waals surface area contributed by atoms with Crippen LogP contribution in [-0.4, -0.2) is 19.5 Å². The van der Waals surface area contributed by atoms with Gasteiger partial charge in [0.05, 0.1) is 0 Å². The number of ether oxygens (including phenoxy) is 1. The van der Waals surface area contributed by atoms with Crippen molar-refractivity contribution in [1.29, 1.82) is 0 Å². The standard InChI is InChI=1S/C10H7ClO2.C4H8O/c1-6-8-4-7(11)2-3-9(8)13-10(6)5-12;1-2-4-5-3-1/h2-5H,1H3;1-4H2. The molecule has 0 radical (unpaired) electrons. The monoisotopic (exact) mass is 266 g/mol. The number of hydrogen-bond acceptors (Lipinski definition) is 3. The van der Waals surface area contributed by atoms with Crippen molar-refractivity contribution in [2.75, 3.05) is 13.2 Å². The first kappa shape index (κ1) is 13.1. The van der Waals surface area contributed by atoms with E-state index in [0.717, 1.165) is 24.2 Å². The van der Waals surface area contributed by atoms with Crippen LogP contribution in [0.5, 0.6) is 0 Å². The fraction of sp³-hybridized carbons (Fsp3) is 0.357. The molecule has 0 saturated carbocycles.